The predicted octanol–water partition coefficient (Wildman–Crippen LogP) is 2.39. The lowest BCUT2D eigenvalue weighted by Crippen LogP contribution is -2.31. The summed E-state index contributed by atoms with van der Waals surface area (Å²) >= 11 is 3.42. The molecule has 0 saturated carbocycles. The summed E-state index contributed by atoms with van der Waals surface area (Å²) in [6.45, 7) is 2.06. The van der Waals surface area contributed by atoms with Crippen LogP contribution in [0.2, 0.25) is 0 Å². The predicted molar refractivity (Wildman–Crippen MR) is 76.5 cm³/mol. The van der Waals surface area contributed by atoms with Crippen molar-refractivity contribution in [3.05, 3.63) is 28.2 Å². The van der Waals surface area contributed by atoms with Gasteiger partial charge in [0.15, 0.2) is 9.84 Å². The van der Waals surface area contributed by atoms with Crippen molar-refractivity contribution in [3.63, 3.8) is 0 Å². The summed E-state index contributed by atoms with van der Waals surface area (Å²) in [7, 11) is -3.14. The third-order valence-corrected chi connectivity index (χ3v) is 5.02. The Balaban J connectivity index is 2.27. The molecular formula is C13H18BrNO2S. The smallest absolute Gasteiger partial charge is 0.175 e. The van der Waals surface area contributed by atoms with Crippen molar-refractivity contribution in [1.82, 2.24) is 5.32 Å². The lowest BCUT2D eigenvalue weighted by Gasteiger charge is -2.23. The van der Waals surface area contributed by atoms with E-state index in [9.17, 15) is 8.42 Å². The van der Waals surface area contributed by atoms with E-state index < -0.39 is 9.84 Å². The summed E-state index contributed by atoms with van der Waals surface area (Å²) in [5, 5.41) is 3.37. The number of halogens is 1. The molecule has 5 heteroatoms. The van der Waals surface area contributed by atoms with E-state index in [1.165, 1.54) is 19.1 Å². The molecule has 1 saturated heterocycles. The lowest BCUT2D eigenvalue weighted by molar-refractivity contribution is 0.374. The molecule has 0 amide bonds. The Labute approximate surface area is 117 Å². The van der Waals surface area contributed by atoms with Crippen LogP contribution in [-0.4, -0.2) is 27.8 Å². The summed E-state index contributed by atoms with van der Waals surface area (Å²) in [5.41, 5.74) is 0.931. The first-order chi connectivity index (χ1) is 8.47. The second-order valence-corrected chi connectivity index (χ2v) is 7.84. The third-order valence-electron chi connectivity index (χ3n) is 3.33. The van der Waals surface area contributed by atoms with Crippen molar-refractivity contribution >= 4 is 25.8 Å². The van der Waals surface area contributed by atoms with Gasteiger partial charge in [-0.3, -0.25) is 0 Å². The zero-order chi connectivity index (χ0) is 13.2. The Kier molecular flexibility index (Phi) is 4.45. The van der Waals surface area contributed by atoms with E-state index in [4.69, 9.17) is 0 Å². The highest BCUT2D eigenvalue weighted by atomic mass is 79.9. The van der Waals surface area contributed by atoms with Gasteiger partial charge < -0.3 is 5.32 Å². The minimum Gasteiger partial charge on any atom is -0.316 e. The van der Waals surface area contributed by atoms with Crippen LogP contribution in [0.15, 0.2) is 27.6 Å². The van der Waals surface area contributed by atoms with Crippen molar-refractivity contribution in [2.24, 2.45) is 5.92 Å². The fraction of sp³-hybridized carbons (Fsp3) is 0.538. The number of hydrogen-bond acceptors (Lipinski definition) is 3. The van der Waals surface area contributed by atoms with E-state index in [0.717, 1.165) is 29.5 Å². The highest BCUT2D eigenvalue weighted by Gasteiger charge is 2.19. The van der Waals surface area contributed by atoms with E-state index in [2.05, 4.69) is 21.2 Å². The standard InChI is InChI=1S/C13H18BrNO2S/c1-18(16,17)13-5-4-12(14)8-11(13)7-10-3-2-6-15-9-10/h4-5,8,10,15H,2-3,6-7,9H2,1H3. The Bertz CT molecular complexity index is 522. The highest BCUT2D eigenvalue weighted by molar-refractivity contribution is 9.10. The second-order valence-electron chi connectivity index (χ2n) is 4.94. The fourth-order valence-corrected chi connectivity index (χ4v) is 3.82. The molecule has 1 unspecified atom stereocenters. The van der Waals surface area contributed by atoms with Crippen LogP contribution in [0.5, 0.6) is 0 Å². The summed E-state index contributed by atoms with van der Waals surface area (Å²) in [4.78, 5) is 0.469. The van der Waals surface area contributed by atoms with E-state index in [0.29, 0.717) is 10.8 Å². The molecule has 18 heavy (non-hydrogen) atoms. The summed E-state index contributed by atoms with van der Waals surface area (Å²) in [6.07, 6.45) is 4.45. The first-order valence-electron chi connectivity index (χ1n) is 6.16. The van der Waals surface area contributed by atoms with Gasteiger partial charge in [-0.1, -0.05) is 15.9 Å². The van der Waals surface area contributed by atoms with Crippen LogP contribution in [0.25, 0.3) is 0 Å². The maximum Gasteiger partial charge on any atom is 0.175 e. The molecule has 100 valence electrons. The van der Waals surface area contributed by atoms with Crippen molar-refractivity contribution in [2.75, 3.05) is 19.3 Å². The first-order valence-corrected chi connectivity index (χ1v) is 8.84. The Morgan fingerprint density at radius 2 is 2.22 bits per heavy atom. The number of piperidine rings is 1. The lowest BCUT2D eigenvalue weighted by atomic mass is 9.92. The molecule has 1 aromatic rings. The van der Waals surface area contributed by atoms with Crippen LogP contribution in [-0.2, 0) is 16.3 Å². The number of rotatable bonds is 3. The molecule has 0 aliphatic carbocycles. The molecule has 2 rings (SSSR count). The Morgan fingerprint density at radius 3 is 2.83 bits per heavy atom. The number of hydrogen-bond donors (Lipinski definition) is 1. The van der Waals surface area contributed by atoms with Gasteiger partial charge in [-0.2, -0.15) is 0 Å². The minimum absolute atomic E-state index is 0.469. The quantitative estimate of drug-likeness (QED) is 0.925. The molecule has 1 aromatic carbocycles. The molecule has 1 heterocycles. The molecule has 1 aliphatic rings. The maximum atomic E-state index is 11.8. The van der Waals surface area contributed by atoms with Gasteiger partial charge in [-0.15, -0.1) is 0 Å². The van der Waals surface area contributed by atoms with E-state index in [1.807, 2.05) is 6.07 Å². The average Bonchev–Trinajstić information content (AvgIpc) is 2.28. The third kappa shape index (κ3) is 3.56. The van der Waals surface area contributed by atoms with Gasteiger partial charge in [-0.25, -0.2) is 8.42 Å². The molecule has 3 nitrogen and oxygen atoms in total. The monoisotopic (exact) mass is 331 g/mol. The van der Waals surface area contributed by atoms with E-state index >= 15 is 0 Å². The zero-order valence-corrected chi connectivity index (χ0v) is 12.9. The van der Waals surface area contributed by atoms with Crippen molar-refractivity contribution in [3.8, 4) is 0 Å². The van der Waals surface area contributed by atoms with Crippen molar-refractivity contribution < 1.29 is 8.42 Å². The molecule has 1 aliphatic heterocycles. The maximum absolute atomic E-state index is 11.8. The topological polar surface area (TPSA) is 46.2 Å². The summed E-state index contributed by atoms with van der Waals surface area (Å²) in [5.74, 6) is 0.536. The largest absolute Gasteiger partial charge is 0.316 e. The van der Waals surface area contributed by atoms with E-state index in [1.54, 1.807) is 12.1 Å². The Hall–Kier alpha value is -0.390. The number of nitrogens with one attached hydrogen (secondary N) is 1. The summed E-state index contributed by atoms with van der Waals surface area (Å²) < 4.78 is 24.5. The SMILES string of the molecule is CS(=O)(=O)c1ccc(Br)cc1CC1CCCNC1. The van der Waals surface area contributed by atoms with Gasteiger partial charge in [-0.05, 0) is 62.0 Å². The molecular weight excluding hydrogens is 314 g/mol. The molecule has 0 aromatic heterocycles. The van der Waals surface area contributed by atoms with Crippen LogP contribution in [0, 0.1) is 5.92 Å². The molecule has 1 fully saturated rings. The fourth-order valence-electron chi connectivity index (χ4n) is 2.48. The minimum atomic E-state index is -3.14. The van der Waals surface area contributed by atoms with Gasteiger partial charge in [0.1, 0.15) is 0 Å². The van der Waals surface area contributed by atoms with Crippen LogP contribution >= 0.6 is 15.9 Å². The number of sulfone groups is 1. The van der Waals surface area contributed by atoms with Crippen LogP contribution in [0.3, 0.4) is 0 Å². The second kappa shape index (κ2) is 5.72. The van der Waals surface area contributed by atoms with Crippen molar-refractivity contribution in [2.45, 2.75) is 24.2 Å². The van der Waals surface area contributed by atoms with Crippen molar-refractivity contribution in [1.29, 1.82) is 0 Å². The van der Waals surface area contributed by atoms with E-state index in [-0.39, 0.29) is 0 Å². The van der Waals surface area contributed by atoms with Gasteiger partial charge >= 0.3 is 0 Å². The Morgan fingerprint density at radius 1 is 1.44 bits per heavy atom. The normalized spacial score (nSPS) is 20.9. The average molecular weight is 332 g/mol. The number of benzene rings is 1. The van der Waals surface area contributed by atoms with Gasteiger partial charge in [0, 0.05) is 10.7 Å². The van der Waals surface area contributed by atoms with Gasteiger partial charge in [0.2, 0.25) is 0 Å². The molecule has 0 spiro atoms. The zero-order valence-electron chi connectivity index (χ0n) is 10.4. The molecule has 0 radical (unpaired) electrons. The van der Waals surface area contributed by atoms with Crippen LogP contribution < -0.4 is 5.32 Å². The van der Waals surface area contributed by atoms with Gasteiger partial charge in [0.25, 0.3) is 0 Å². The first kappa shape index (κ1) is 14.0. The molecule has 1 N–H and O–H groups in total. The van der Waals surface area contributed by atoms with Crippen LogP contribution in [0.4, 0.5) is 0 Å². The summed E-state index contributed by atoms with van der Waals surface area (Å²) in [6, 6.07) is 5.43. The molecule has 1 atom stereocenters. The van der Waals surface area contributed by atoms with Crippen LogP contribution in [0.1, 0.15) is 18.4 Å². The molecule has 0 bridgehead atoms. The van der Waals surface area contributed by atoms with Gasteiger partial charge in [0.05, 0.1) is 4.90 Å². The highest BCUT2D eigenvalue weighted by Crippen LogP contribution is 2.25.